The molecule has 72 valence electrons. The van der Waals surface area contributed by atoms with Crippen molar-refractivity contribution in [2.75, 3.05) is 20.3 Å². The summed E-state index contributed by atoms with van der Waals surface area (Å²) in [6, 6.07) is 1.70. The monoisotopic (exact) mass is 200 g/mol. The summed E-state index contributed by atoms with van der Waals surface area (Å²) >= 11 is 1.20. The molecule has 4 nitrogen and oxygen atoms in total. The molecule has 0 aromatic carbocycles. The van der Waals surface area contributed by atoms with E-state index in [9.17, 15) is 4.79 Å². The largest absolute Gasteiger partial charge is 0.385 e. The average Bonchev–Trinajstić information content (AvgIpc) is 2.65. The van der Waals surface area contributed by atoms with E-state index in [1.165, 1.54) is 11.5 Å². The summed E-state index contributed by atoms with van der Waals surface area (Å²) < 4.78 is 8.70. The van der Waals surface area contributed by atoms with Gasteiger partial charge in [-0.25, -0.2) is 4.37 Å². The molecule has 1 rings (SSSR count). The maximum atomic E-state index is 11.3. The zero-order chi connectivity index (χ0) is 9.52. The van der Waals surface area contributed by atoms with Crippen molar-refractivity contribution in [1.29, 1.82) is 0 Å². The molecule has 1 aromatic heterocycles. The fourth-order valence-corrected chi connectivity index (χ4v) is 1.35. The SMILES string of the molecule is COCCCNC(=O)c1ccns1. The molecule has 0 spiro atoms. The van der Waals surface area contributed by atoms with Gasteiger partial charge in [0.2, 0.25) is 0 Å². The van der Waals surface area contributed by atoms with Crippen molar-refractivity contribution in [3.05, 3.63) is 17.1 Å². The first-order chi connectivity index (χ1) is 6.34. The lowest BCUT2D eigenvalue weighted by molar-refractivity contribution is 0.0952. The van der Waals surface area contributed by atoms with Crippen molar-refractivity contribution >= 4 is 17.4 Å². The summed E-state index contributed by atoms with van der Waals surface area (Å²) in [5.41, 5.74) is 0. The topological polar surface area (TPSA) is 51.2 Å². The molecule has 0 aliphatic rings. The third-order valence-electron chi connectivity index (χ3n) is 1.47. The van der Waals surface area contributed by atoms with Gasteiger partial charge in [0.25, 0.3) is 5.91 Å². The summed E-state index contributed by atoms with van der Waals surface area (Å²) in [7, 11) is 1.64. The van der Waals surface area contributed by atoms with Crippen LogP contribution in [0.3, 0.4) is 0 Å². The Balaban J connectivity index is 2.19. The smallest absolute Gasteiger partial charge is 0.262 e. The van der Waals surface area contributed by atoms with Crippen LogP contribution in [0.1, 0.15) is 16.1 Å². The molecule has 0 bridgehead atoms. The van der Waals surface area contributed by atoms with Crippen LogP contribution in [0.2, 0.25) is 0 Å². The second kappa shape index (κ2) is 5.66. The molecule has 1 heterocycles. The molecule has 0 saturated heterocycles. The zero-order valence-corrected chi connectivity index (χ0v) is 8.26. The number of carbonyl (C=O) groups excluding carboxylic acids is 1. The normalized spacial score (nSPS) is 9.92. The van der Waals surface area contributed by atoms with E-state index in [1.807, 2.05) is 0 Å². The van der Waals surface area contributed by atoms with Crippen molar-refractivity contribution < 1.29 is 9.53 Å². The van der Waals surface area contributed by atoms with Gasteiger partial charge in [0.1, 0.15) is 4.88 Å². The Labute approximate surface area is 81.1 Å². The zero-order valence-electron chi connectivity index (χ0n) is 7.45. The highest BCUT2D eigenvalue weighted by atomic mass is 32.1. The number of ether oxygens (including phenoxy) is 1. The van der Waals surface area contributed by atoms with Crippen LogP contribution in [0.5, 0.6) is 0 Å². The Bertz CT molecular complexity index is 249. The Hall–Kier alpha value is -0.940. The molecule has 0 aliphatic carbocycles. The van der Waals surface area contributed by atoms with Crippen LogP contribution in [0, 0.1) is 0 Å². The van der Waals surface area contributed by atoms with Gasteiger partial charge >= 0.3 is 0 Å². The molecular weight excluding hydrogens is 188 g/mol. The van der Waals surface area contributed by atoms with Crippen LogP contribution in [0.25, 0.3) is 0 Å². The lowest BCUT2D eigenvalue weighted by atomic mass is 10.4. The first-order valence-electron chi connectivity index (χ1n) is 4.02. The Morgan fingerprint density at radius 2 is 2.62 bits per heavy atom. The summed E-state index contributed by atoms with van der Waals surface area (Å²) in [4.78, 5) is 11.9. The average molecular weight is 200 g/mol. The van der Waals surface area contributed by atoms with Crippen LogP contribution in [-0.4, -0.2) is 30.5 Å². The van der Waals surface area contributed by atoms with Crippen LogP contribution in [0.4, 0.5) is 0 Å². The number of nitrogens with zero attached hydrogens (tertiary/aromatic N) is 1. The van der Waals surface area contributed by atoms with Crippen LogP contribution < -0.4 is 5.32 Å². The third kappa shape index (κ3) is 3.52. The number of aromatic nitrogens is 1. The molecule has 1 N–H and O–H groups in total. The minimum absolute atomic E-state index is 0.0568. The number of rotatable bonds is 5. The molecule has 1 amide bonds. The predicted molar refractivity (Wildman–Crippen MR) is 50.9 cm³/mol. The Morgan fingerprint density at radius 1 is 1.77 bits per heavy atom. The predicted octanol–water partition coefficient (Wildman–Crippen LogP) is 0.909. The molecule has 0 unspecified atom stereocenters. The fourth-order valence-electron chi connectivity index (χ4n) is 0.838. The van der Waals surface area contributed by atoms with Gasteiger partial charge in [-0.3, -0.25) is 4.79 Å². The summed E-state index contributed by atoms with van der Waals surface area (Å²) in [6.45, 7) is 1.31. The molecule has 0 fully saturated rings. The van der Waals surface area contributed by atoms with E-state index >= 15 is 0 Å². The van der Waals surface area contributed by atoms with Gasteiger partial charge in [-0.2, -0.15) is 0 Å². The van der Waals surface area contributed by atoms with Crippen molar-refractivity contribution in [2.45, 2.75) is 6.42 Å². The molecular formula is C8H12N2O2S. The highest BCUT2D eigenvalue weighted by Gasteiger charge is 2.04. The third-order valence-corrected chi connectivity index (χ3v) is 2.22. The van der Waals surface area contributed by atoms with Crippen LogP contribution >= 0.6 is 11.5 Å². The Kier molecular flexibility index (Phi) is 4.42. The van der Waals surface area contributed by atoms with E-state index in [2.05, 4.69) is 9.69 Å². The molecule has 0 saturated carbocycles. The van der Waals surface area contributed by atoms with E-state index in [1.54, 1.807) is 19.4 Å². The van der Waals surface area contributed by atoms with Gasteiger partial charge in [0, 0.05) is 26.5 Å². The molecule has 13 heavy (non-hydrogen) atoms. The van der Waals surface area contributed by atoms with Gasteiger partial charge in [-0.1, -0.05) is 0 Å². The van der Waals surface area contributed by atoms with Crippen molar-refractivity contribution in [3.8, 4) is 0 Å². The van der Waals surface area contributed by atoms with E-state index in [0.717, 1.165) is 6.42 Å². The van der Waals surface area contributed by atoms with Gasteiger partial charge in [-0.05, 0) is 24.0 Å². The Morgan fingerprint density at radius 3 is 3.23 bits per heavy atom. The van der Waals surface area contributed by atoms with E-state index < -0.39 is 0 Å². The maximum absolute atomic E-state index is 11.3. The van der Waals surface area contributed by atoms with E-state index in [-0.39, 0.29) is 5.91 Å². The molecule has 0 aliphatic heterocycles. The van der Waals surface area contributed by atoms with E-state index in [0.29, 0.717) is 18.0 Å². The van der Waals surface area contributed by atoms with Crippen molar-refractivity contribution in [3.63, 3.8) is 0 Å². The van der Waals surface area contributed by atoms with Gasteiger partial charge in [0.15, 0.2) is 0 Å². The lowest BCUT2D eigenvalue weighted by Crippen LogP contribution is -2.24. The summed E-state index contributed by atoms with van der Waals surface area (Å²) in [5, 5.41) is 2.77. The van der Waals surface area contributed by atoms with Gasteiger partial charge in [0.05, 0.1) is 0 Å². The number of hydrogen-bond donors (Lipinski definition) is 1. The van der Waals surface area contributed by atoms with Gasteiger partial charge in [-0.15, -0.1) is 0 Å². The van der Waals surface area contributed by atoms with Crippen molar-refractivity contribution in [2.24, 2.45) is 0 Å². The molecule has 0 radical (unpaired) electrons. The highest BCUT2D eigenvalue weighted by molar-refractivity contribution is 7.08. The lowest BCUT2D eigenvalue weighted by Gasteiger charge is -2.01. The quantitative estimate of drug-likeness (QED) is 0.719. The number of carbonyl (C=O) groups is 1. The van der Waals surface area contributed by atoms with Crippen molar-refractivity contribution in [1.82, 2.24) is 9.69 Å². The number of hydrogen-bond acceptors (Lipinski definition) is 4. The van der Waals surface area contributed by atoms with Crippen LogP contribution in [0.15, 0.2) is 12.3 Å². The number of amides is 1. The standard InChI is InChI=1S/C8H12N2O2S/c1-12-6-2-4-9-8(11)7-3-5-10-13-7/h3,5H,2,4,6H2,1H3,(H,9,11). The minimum Gasteiger partial charge on any atom is -0.385 e. The first kappa shape index (κ1) is 10.1. The molecule has 1 aromatic rings. The fraction of sp³-hybridized carbons (Fsp3) is 0.500. The molecule has 0 atom stereocenters. The first-order valence-corrected chi connectivity index (χ1v) is 4.79. The molecule has 5 heteroatoms. The van der Waals surface area contributed by atoms with Gasteiger partial charge < -0.3 is 10.1 Å². The number of nitrogens with one attached hydrogen (secondary N) is 1. The summed E-state index contributed by atoms with van der Waals surface area (Å²) in [6.07, 6.45) is 2.45. The second-order valence-electron chi connectivity index (χ2n) is 2.48. The second-order valence-corrected chi connectivity index (χ2v) is 3.31. The van der Waals surface area contributed by atoms with E-state index in [4.69, 9.17) is 4.74 Å². The minimum atomic E-state index is -0.0568. The van der Waals surface area contributed by atoms with Crippen LogP contribution in [-0.2, 0) is 4.74 Å². The number of methoxy groups -OCH3 is 1. The maximum Gasteiger partial charge on any atom is 0.262 e. The summed E-state index contributed by atoms with van der Waals surface area (Å²) in [5.74, 6) is -0.0568. The highest BCUT2D eigenvalue weighted by Crippen LogP contribution is 2.03.